The van der Waals surface area contributed by atoms with Crippen LogP contribution in [0.5, 0.6) is 0 Å². The Kier molecular flexibility index (Phi) is 6.58. The van der Waals surface area contributed by atoms with Gasteiger partial charge in [-0.1, -0.05) is 90.9 Å². The summed E-state index contributed by atoms with van der Waals surface area (Å²) in [6, 6.07) is 8.86. The van der Waals surface area contributed by atoms with Crippen LogP contribution in [0, 0.1) is 11.3 Å². The van der Waals surface area contributed by atoms with E-state index in [2.05, 4.69) is 104 Å². The standard InChI is InChI=1S/C24H29ClIN/c1-5-27(16-26)21-11-7-18(8-12-21)6-9-19-14-17(2)22-13-10-20(25)15-23(22)24(19,3)4/h6-9,11-12,14-15,17H,5,10,13,16H2,1-4H3/b9-6+. The van der Waals surface area contributed by atoms with E-state index in [1.54, 1.807) is 5.57 Å². The largest absolute Gasteiger partial charge is 0.363 e. The van der Waals surface area contributed by atoms with Gasteiger partial charge in [-0.2, -0.15) is 0 Å². The van der Waals surface area contributed by atoms with Crippen LogP contribution in [0.25, 0.3) is 6.08 Å². The number of allylic oxidation sites excluding steroid dienone is 7. The summed E-state index contributed by atoms with van der Waals surface area (Å²) in [6.45, 7) is 10.2. The fourth-order valence-corrected chi connectivity index (χ4v) is 5.16. The second kappa shape index (κ2) is 8.57. The predicted octanol–water partition coefficient (Wildman–Crippen LogP) is 7.73. The van der Waals surface area contributed by atoms with Crippen molar-refractivity contribution >= 4 is 46.0 Å². The normalized spacial score (nSPS) is 21.8. The Labute approximate surface area is 183 Å². The third kappa shape index (κ3) is 4.37. The van der Waals surface area contributed by atoms with Gasteiger partial charge >= 0.3 is 0 Å². The zero-order chi connectivity index (χ0) is 19.6. The van der Waals surface area contributed by atoms with Crippen LogP contribution in [0.1, 0.15) is 46.1 Å². The first-order valence-corrected chi connectivity index (χ1v) is 11.7. The summed E-state index contributed by atoms with van der Waals surface area (Å²) < 4.78 is 1.01. The number of hydrogen-bond acceptors (Lipinski definition) is 1. The number of alkyl halides is 1. The Morgan fingerprint density at radius 1 is 1.19 bits per heavy atom. The molecule has 0 bridgehead atoms. The molecule has 0 saturated carbocycles. The van der Waals surface area contributed by atoms with Crippen molar-refractivity contribution in [1.29, 1.82) is 0 Å². The molecule has 1 aromatic rings. The van der Waals surface area contributed by atoms with E-state index in [1.165, 1.54) is 22.4 Å². The highest BCUT2D eigenvalue weighted by atomic mass is 127. The zero-order valence-electron chi connectivity index (χ0n) is 16.7. The molecule has 1 atom stereocenters. The molecule has 0 saturated heterocycles. The lowest BCUT2D eigenvalue weighted by molar-refractivity contribution is 0.514. The van der Waals surface area contributed by atoms with Crippen LogP contribution in [0.2, 0.25) is 0 Å². The van der Waals surface area contributed by atoms with Crippen molar-refractivity contribution in [3.63, 3.8) is 0 Å². The van der Waals surface area contributed by atoms with Gasteiger partial charge in [0.25, 0.3) is 0 Å². The van der Waals surface area contributed by atoms with E-state index < -0.39 is 0 Å². The van der Waals surface area contributed by atoms with Gasteiger partial charge in [-0.05, 0) is 60.6 Å². The Morgan fingerprint density at radius 3 is 2.52 bits per heavy atom. The molecule has 1 nitrogen and oxygen atoms in total. The second-order valence-electron chi connectivity index (χ2n) is 7.97. The van der Waals surface area contributed by atoms with Gasteiger partial charge < -0.3 is 4.90 Å². The van der Waals surface area contributed by atoms with Crippen molar-refractivity contribution in [3.05, 3.63) is 69.8 Å². The molecule has 0 aliphatic heterocycles. The third-order valence-corrected chi connectivity index (χ3v) is 7.02. The number of halogens is 2. The molecule has 2 aliphatic carbocycles. The van der Waals surface area contributed by atoms with Gasteiger partial charge in [-0.3, -0.25) is 0 Å². The van der Waals surface area contributed by atoms with Gasteiger partial charge in [-0.25, -0.2) is 0 Å². The summed E-state index contributed by atoms with van der Waals surface area (Å²) in [5.41, 5.74) is 6.88. The van der Waals surface area contributed by atoms with Gasteiger partial charge in [0.05, 0.1) is 4.55 Å². The van der Waals surface area contributed by atoms with E-state index in [1.807, 2.05) is 0 Å². The Hall–Kier alpha value is -1.00. The van der Waals surface area contributed by atoms with Crippen LogP contribution < -0.4 is 4.90 Å². The molecule has 27 heavy (non-hydrogen) atoms. The smallest absolute Gasteiger partial charge is 0.0699 e. The molecular formula is C24H29ClIN. The minimum absolute atomic E-state index is 0.000928. The van der Waals surface area contributed by atoms with Crippen LogP contribution in [0.4, 0.5) is 5.69 Å². The van der Waals surface area contributed by atoms with Gasteiger partial charge in [-0.15, -0.1) is 0 Å². The molecule has 0 aromatic heterocycles. The fourth-order valence-electron chi connectivity index (χ4n) is 4.08. The highest BCUT2D eigenvalue weighted by Crippen LogP contribution is 2.48. The molecule has 1 aromatic carbocycles. The van der Waals surface area contributed by atoms with Crippen molar-refractivity contribution in [3.8, 4) is 0 Å². The summed E-state index contributed by atoms with van der Waals surface area (Å²) in [7, 11) is 0. The van der Waals surface area contributed by atoms with Crippen LogP contribution in [0.15, 0.2) is 64.2 Å². The first-order chi connectivity index (χ1) is 12.9. The van der Waals surface area contributed by atoms with E-state index in [0.717, 1.165) is 29.0 Å². The van der Waals surface area contributed by atoms with E-state index in [-0.39, 0.29) is 5.41 Å². The van der Waals surface area contributed by atoms with Crippen molar-refractivity contribution in [2.24, 2.45) is 11.3 Å². The van der Waals surface area contributed by atoms with Crippen LogP contribution in [-0.2, 0) is 0 Å². The van der Waals surface area contributed by atoms with E-state index in [4.69, 9.17) is 11.6 Å². The van der Waals surface area contributed by atoms with Gasteiger partial charge in [0.2, 0.25) is 0 Å². The first kappa shape index (κ1) is 20.7. The molecule has 3 rings (SSSR count). The highest BCUT2D eigenvalue weighted by molar-refractivity contribution is 14.1. The molecule has 0 heterocycles. The summed E-state index contributed by atoms with van der Waals surface area (Å²) in [5, 5.41) is 0.991. The quantitative estimate of drug-likeness (QED) is 0.230. The van der Waals surface area contributed by atoms with Crippen LogP contribution in [-0.4, -0.2) is 11.1 Å². The van der Waals surface area contributed by atoms with Gasteiger partial charge in [0, 0.05) is 22.7 Å². The molecule has 0 amide bonds. The van der Waals surface area contributed by atoms with Gasteiger partial charge in [0.15, 0.2) is 0 Å². The number of hydrogen-bond donors (Lipinski definition) is 0. The second-order valence-corrected chi connectivity index (χ2v) is 9.13. The predicted molar refractivity (Wildman–Crippen MR) is 129 cm³/mol. The molecule has 2 aliphatic rings. The van der Waals surface area contributed by atoms with Crippen molar-refractivity contribution in [2.75, 3.05) is 16.0 Å². The van der Waals surface area contributed by atoms with Crippen LogP contribution >= 0.6 is 34.2 Å². The number of nitrogens with zero attached hydrogens (tertiary/aromatic N) is 1. The Morgan fingerprint density at radius 2 is 1.89 bits per heavy atom. The maximum atomic E-state index is 6.38. The summed E-state index contributed by atoms with van der Waals surface area (Å²) in [5.74, 6) is 0.484. The summed E-state index contributed by atoms with van der Waals surface area (Å²) in [6.07, 6.45) is 11.3. The minimum atomic E-state index is -0.000928. The lowest BCUT2D eigenvalue weighted by Crippen LogP contribution is -2.25. The van der Waals surface area contributed by atoms with Crippen molar-refractivity contribution < 1.29 is 0 Å². The summed E-state index contributed by atoms with van der Waals surface area (Å²) in [4.78, 5) is 2.36. The average Bonchev–Trinajstić information content (AvgIpc) is 2.65. The molecule has 1 unspecified atom stereocenters. The van der Waals surface area contributed by atoms with E-state index in [9.17, 15) is 0 Å². The molecule has 0 N–H and O–H groups in total. The maximum absolute atomic E-state index is 6.38. The average molecular weight is 494 g/mol. The zero-order valence-corrected chi connectivity index (χ0v) is 19.6. The first-order valence-electron chi connectivity index (χ1n) is 9.77. The molecular weight excluding hydrogens is 465 g/mol. The molecule has 0 radical (unpaired) electrons. The van der Waals surface area contributed by atoms with Gasteiger partial charge in [0.1, 0.15) is 0 Å². The van der Waals surface area contributed by atoms with Crippen LogP contribution in [0.3, 0.4) is 0 Å². The Bertz CT molecular complexity index is 807. The lowest BCUT2D eigenvalue weighted by atomic mass is 9.66. The molecule has 3 heteroatoms. The lowest BCUT2D eigenvalue weighted by Gasteiger charge is -2.39. The molecule has 0 spiro atoms. The SMILES string of the molecule is CCN(CI)c1ccc(/C=C/C2=CC(C)C3=C(C=C(Cl)CC3)C2(C)C)cc1. The molecule has 0 fully saturated rings. The monoisotopic (exact) mass is 493 g/mol. The minimum Gasteiger partial charge on any atom is -0.363 e. The third-order valence-electron chi connectivity index (χ3n) is 5.89. The number of benzene rings is 1. The number of anilines is 1. The Balaban J connectivity index is 1.83. The van der Waals surface area contributed by atoms with Crippen molar-refractivity contribution in [1.82, 2.24) is 0 Å². The van der Waals surface area contributed by atoms with Crippen molar-refractivity contribution in [2.45, 2.75) is 40.5 Å². The van der Waals surface area contributed by atoms with E-state index in [0.29, 0.717) is 5.92 Å². The van der Waals surface area contributed by atoms with E-state index >= 15 is 0 Å². The summed E-state index contributed by atoms with van der Waals surface area (Å²) >= 11 is 8.80. The topological polar surface area (TPSA) is 3.24 Å². The number of rotatable bonds is 5. The maximum Gasteiger partial charge on any atom is 0.0699 e. The highest BCUT2D eigenvalue weighted by Gasteiger charge is 2.34. The molecule has 144 valence electrons. The fraction of sp³-hybridized carbons (Fsp3) is 0.417.